The highest BCUT2D eigenvalue weighted by Crippen LogP contribution is 2.30. The van der Waals surface area contributed by atoms with Crippen LogP contribution >= 0.6 is 0 Å². The molecule has 0 unspecified atom stereocenters. The van der Waals surface area contributed by atoms with Gasteiger partial charge in [-0.1, -0.05) is 18.2 Å². The van der Waals surface area contributed by atoms with Gasteiger partial charge in [-0.3, -0.25) is 19.2 Å². The third-order valence-electron chi connectivity index (χ3n) is 8.93. The maximum atomic E-state index is 13.7. The van der Waals surface area contributed by atoms with Crippen molar-refractivity contribution in [3.8, 4) is 16.9 Å². The van der Waals surface area contributed by atoms with Crippen molar-refractivity contribution in [2.75, 3.05) is 26.0 Å². The lowest BCUT2D eigenvalue weighted by Gasteiger charge is -2.34. The van der Waals surface area contributed by atoms with Crippen molar-refractivity contribution in [1.82, 2.24) is 25.3 Å². The Balaban J connectivity index is 1.30. The largest absolute Gasteiger partial charge is 0.493 e. The molecule has 5 atom stereocenters. The first-order valence-corrected chi connectivity index (χ1v) is 17.1. The van der Waals surface area contributed by atoms with E-state index in [1.807, 2.05) is 24.1 Å². The van der Waals surface area contributed by atoms with Crippen LogP contribution in [-0.2, 0) is 33.0 Å². The molecule has 12 nitrogen and oxygen atoms in total. The summed E-state index contributed by atoms with van der Waals surface area (Å²) >= 11 is 0. The SMILES string of the molecule is Cn1nccc1CN1C[C@@H]2C[C@H]1C(=O)NC[C@H]1O[C@H](CCOc3cc(-c4ccc(S(C)(=O)=O)cc4)ccc3C(=O)N2)CC[C@@H]1O. The third-order valence-corrected chi connectivity index (χ3v) is 10.1. The summed E-state index contributed by atoms with van der Waals surface area (Å²) in [5.41, 5.74) is 2.86. The van der Waals surface area contributed by atoms with Crippen LogP contribution in [0.5, 0.6) is 5.75 Å². The number of aliphatic hydroxyl groups is 1. The fourth-order valence-corrected chi connectivity index (χ4v) is 6.98. The van der Waals surface area contributed by atoms with E-state index in [0.29, 0.717) is 50.1 Å². The molecule has 1 aromatic heterocycles. The Hall–Kier alpha value is -3.78. The highest BCUT2D eigenvalue weighted by molar-refractivity contribution is 7.90. The minimum Gasteiger partial charge on any atom is -0.493 e. The molecule has 2 aromatic carbocycles. The fraction of sp³-hybridized carbons (Fsp3) is 0.469. The number of fused-ring (bicyclic) bond motifs is 5. The smallest absolute Gasteiger partial charge is 0.255 e. The van der Waals surface area contributed by atoms with Crippen LogP contribution in [0.2, 0.25) is 0 Å². The average molecular weight is 638 g/mol. The summed E-state index contributed by atoms with van der Waals surface area (Å²) in [7, 11) is -1.48. The van der Waals surface area contributed by atoms with E-state index in [9.17, 15) is 23.1 Å². The van der Waals surface area contributed by atoms with E-state index < -0.39 is 28.1 Å². The summed E-state index contributed by atoms with van der Waals surface area (Å²) in [5.74, 6) is -0.0791. The lowest BCUT2D eigenvalue weighted by Crippen LogP contribution is -2.50. The Kier molecular flexibility index (Phi) is 8.96. The molecule has 2 amide bonds. The summed E-state index contributed by atoms with van der Waals surface area (Å²) in [5, 5.41) is 21.0. The van der Waals surface area contributed by atoms with E-state index >= 15 is 0 Å². The quantitative estimate of drug-likeness (QED) is 0.388. The maximum Gasteiger partial charge on any atom is 0.255 e. The minimum absolute atomic E-state index is 0.172. The number of rotatable bonds is 4. The first kappa shape index (κ1) is 31.2. The van der Waals surface area contributed by atoms with E-state index in [1.165, 1.54) is 6.26 Å². The molecule has 13 heteroatoms. The summed E-state index contributed by atoms with van der Waals surface area (Å²) in [4.78, 5) is 29.5. The number of hydrogen-bond acceptors (Lipinski definition) is 9. The van der Waals surface area contributed by atoms with Gasteiger partial charge in [0.2, 0.25) is 5.91 Å². The van der Waals surface area contributed by atoms with Crippen molar-refractivity contribution in [2.45, 2.75) is 67.5 Å². The van der Waals surface area contributed by atoms with Crippen LogP contribution in [0.25, 0.3) is 11.1 Å². The number of nitrogens with one attached hydrogen (secondary N) is 2. The molecule has 0 aliphatic carbocycles. The standard InChI is InChI=1S/C32H39N5O7S/c1-36-23(11-13-34-36)19-37-18-22-16-27(37)32(40)33-17-30-28(38)10-6-24(44-30)12-14-43-29-15-21(5-9-26(29)31(39)35-22)20-3-7-25(8-4-20)45(2,41)42/h3-5,7-9,11,13,15,22,24,27-28,30,38H,6,10,12,14,16-19H2,1-2H3,(H,33,40)(H,35,39)/t22-,24-,27-,28-,30+/m0/s1. The number of hydrogen-bond donors (Lipinski definition) is 3. The first-order chi connectivity index (χ1) is 21.5. The normalized spacial score (nSPS) is 26.4. The van der Waals surface area contributed by atoms with Gasteiger partial charge in [-0.25, -0.2) is 8.42 Å². The average Bonchev–Trinajstić information content (AvgIpc) is 3.61. The summed E-state index contributed by atoms with van der Waals surface area (Å²) in [6.45, 7) is 1.41. The molecule has 0 spiro atoms. The van der Waals surface area contributed by atoms with Gasteiger partial charge in [0.05, 0.1) is 41.0 Å². The van der Waals surface area contributed by atoms with Gasteiger partial charge in [0.15, 0.2) is 9.84 Å². The summed E-state index contributed by atoms with van der Waals surface area (Å²) in [6, 6.07) is 13.0. The summed E-state index contributed by atoms with van der Waals surface area (Å²) < 4.78 is 38.1. The van der Waals surface area contributed by atoms with Gasteiger partial charge in [-0.15, -0.1) is 0 Å². The zero-order valence-electron chi connectivity index (χ0n) is 25.4. The van der Waals surface area contributed by atoms with Crippen molar-refractivity contribution in [3.05, 3.63) is 66.0 Å². The molecule has 3 aliphatic rings. The van der Waals surface area contributed by atoms with E-state index in [-0.39, 0.29) is 42.0 Å². The molecule has 4 bridgehead atoms. The molecule has 0 saturated carbocycles. The first-order valence-electron chi connectivity index (χ1n) is 15.3. The van der Waals surface area contributed by atoms with Crippen LogP contribution in [0.15, 0.2) is 59.6 Å². The zero-order chi connectivity index (χ0) is 31.7. The number of benzene rings is 2. The van der Waals surface area contributed by atoms with Gasteiger partial charge in [-0.2, -0.15) is 5.10 Å². The Bertz CT molecular complexity index is 1660. The number of aromatic nitrogens is 2. The molecule has 6 rings (SSSR count). The number of likely N-dealkylation sites (tertiary alicyclic amines) is 1. The second kappa shape index (κ2) is 12.9. The molecular formula is C32H39N5O7S. The van der Waals surface area contributed by atoms with E-state index in [1.54, 1.807) is 47.3 Å². The Morgan fingerprint density at radius 3 is 2.56 bits per heavy atom. The predicted octanol–water partition coefficient (Wildman–Crippen LogP) is 1.67. The van der Waals surface area contributed by atoms with Crippen molar-refractivity contribution in [2.24, 2.45) is 7.05 Å². The molecule has 45 heavy (non-hydrogen) atoms. The Morgan fingerprint density at radius 1 is 1.04 bits per heavy atom. The van der Waals surface area contributed by atoms with Crippen LogP contribution in [0.1, 0.15) is 41.7 Å². The number of amides is 2. The highest BCUT2D eigenvalue weighted by atomic mass is 32.2. The number of nitrogens with zero attached hydrogens (tertiary/aromatic N) is 3. The van der Waals surface area contributed by atoms with Gasteiger partial charge in [-0.05, 0) is 60.7 Å². The van der Waals surface area contributed by atoms with Crippen LogP contribution in [0, 0.1) is 0 Å². The third kappa shape index (κ3) is 7.06. The fourth-order valence-electron chi connectivity index (χ4n) is 6.35. The molecule has 0 radical (unpaired) electrons. The zero-order valence-corrected chi connectivity index (χ0v) is 26.2. The topological polar surface area (TPSA) is 152 Å². The van der Waals surface area contributed by atoms with Crippen molar-refractivity contribution >= 4 is 21.7 Å². The number of aryl methyl sites for hydroxylation is 1. The monoisotopic (exact) mass is 637 g/mol. The Morgan fingerprint density at radius 2 is 1.82 bits per heavy atom. The van der Waals surface area contributed by atoms with Gasteiger partial charge in [0.1, 0.15) is 11.9 Å². The molecule has 3 aromatic rings. The van der Waals surface area contributed by atoms with Gasteiger partial charge < -0.3 is 25.2 Å². The molecule has 2 saturated heterocycles. The molecule has 3 aliphatic heterocycles. The lowest BCUT2D eigenvalue weighted by molar-refractivity contribution is -0.133. The molecule has 240 valence electrons. The van der Waals surface area contributed by atoms with E-state index in [2.05, 4.69) is 15.7 Å². The highest BCUT2D eigenvalue weighted by Gasteiger charge is 2.39. The molecule has 3 N–H and O–H groups in total. The van der Waals surface area contributed by atoms with Crippen LogP contribution < -0.4 is 15.4 Å². The van der Waals surface area contributed by atoms with Crippen LogP contribution in [0.3, 0.4) is 0 Å². The van der Waals surface area contributed by atoms with E-state index in [0.717, 1.165) is 16.8 Å². The van der Waals surface area contributed by atoms with Crippen LogP contribution in [0.4, 0.5) is 0 Å². The van der Waals surface area contributed by atoms with Gasteiger partial charge in [0.25, 0.3) is 5.91 Å². The Labute approximate surface area is 262 Å². The summed E-state index contributed by atoms with van der Waals surface area (Å²) in [6.07, 6.45) is 3.64. The van der Waals surface area contributed by atoms with Gasteiger partial charge in [0, 0.05) is 51.6 Å². The second-order valence-corrected chi connectivity index (χ2v) is 14.1. The number of carbonyl (C=O) groups excluding carboxylic acids is 2. The molecule has 4 heterocycles. The predicted molar refractivity (Wildman–Crippen MR) is 165 cm³/mol. The minimum atomic E-state index is -3.33. The molecule has 2 fully saturated rings. The van der Waals surface area contributed by atoms with Crippen LogP contribution in [-0.4, -0.2) is 96.4 Å². The van der Waals surface area contributed by atoms with Crippen molar-refractivity contribution in [3.63, 3.8) is 0 Å². The molecular weight excluding hydrogens is 598 g/mol. The van der Waals surface area contributed by atoms with Crippen molar-refractivity contribution in [1.29, 1.82) is 0 Å². The number of sulfone groups is 1. The maximum absolute atomic E-state index is 13.7. The number of aliphatic hydroxyl groups excluding tert-OH is 1. The van der Waals surface area contributed by atoms with E-state index in [4.69, 9.17) is 9.47 Å². The second-order valence-electron chi connectivity index (χ2n) is 12.1. The number of ether oxygens (including phenoxy) is 2. The number of carbonyl (C=O) groups is 2. The van der Waals surface area contributed by atoms with Gasteiger partial charge >= 0.3 is 0 Å². The lowest BCUT2D eigenvalue weighted by atomic mass is 9.99. The van der Waals surface area contributed by atoms with Crippen molar-refractivity contribution < 1.29 is 32.6 Å².